The van der Waals surface area contributed by atoms with E-state index in [0.29, 0.717) is 24.6 Å². The smallest absolute Gasteiger partial charge is 0.278 e. The summed E-state index contributed by atoms with van der Waals surface area (Å²) >= 11 is 0. The van der Waals surface area contributed by atoms with Gasteiger partial charge in [0, 0.05) is 18.8 Å². The van der Waals surface area contributed by atoms with Crippen LogP contribution in [0.4, 0.5) is 15.9 Å². The number of rotatable bonds is 5. The summed E-state index contributed by atoms with van der Waals surface area (Å²) in [6.45, 7) is 1.31. The molecule has 2 heterocycles. The van der Waals surface area contributed by atoms with Crippen LogP contribution in [0.2, 0.25) is 0 Å². The standard InChI is InChI=1S/C21H19FN4O/c22-17-7-5-15(6-8-17)11-13-23-20-10-9-18(24-25-20)21(27)26-14-12-16-3-1-2-4-19(16)26/h1-10H,11-14H2,(H,23,25). The zero-order valence-electron chi connectivity index (χ0n) is 14.7. The molecule has 1 N–H and O–H groups in total. The number of fused-ring (bicyclic) bond motifs is 1. The van der Waals surface area contributed by atoms with Gasteiger partial charge in [0.2, 0.25) is 0 Å². The Morgan fingerprint density at radius 2 is 1.85 bits per heavy atom. The number of benzene rings is 2. The maximum atomic E-state index is 12.9. The van der Waals surface area contributed by atoms with Crippen molar-refractivity contribution in [3.63, 3.8) is 0 Å². The van der Waals surface area contributed by atoms with Crippen LogP contribution in [0.5, 0.6) is 0 Å². The van der Waals surface area contributed by atoms with Gasteiger partial charge in [-0.3, -0.25) is 4.79 Å². The molecule has 2 aromatic carbocycles. The van der Waals surface area contributed by atoms with Gasteiger partial charge >= 0.3 is 0 Å². The fourth-order valence-corrected chi connectivity index (χ4v) is 3.21. The minimum absolute atomic E-state index is 0.134. The topological polar surface area (TPSA) is 58.1 Å². The minimum atomic E-state index is -0.238. The van der Waals surface area contributed by atoms with E-state index in [4.69, 9.17) is 0 Å². The second kappa shape index (κ2) is 7.53. The van der Waals surface area contributed by atoms with E-state index in [9.17, 15) is 9.18 Å². The third kappa shape index (κ3) is 3.79. The molecular formula is C21H19FN4O. The maximum Gasteiger partial charge on any atom is 0.278 e. The summed E-state index contributed by atoms with van der Waals surface area (Å²) in [5.74, 6) is 0.235. The molecule has 5 nitrogen and oxygen atoms in total. The Morgan fingerprint density at radius 3 is 2.63 bits per heavy atom. The van der Waals surface area contributed by atoms with E-state index in [2.05, 4.69) is 15.5 Å². The average Bonchev–Trinajstić information content (AvgIpc) is 3.14. The molecule has 0 unspecified atom stereocenters. The predicted octanol–water partition coefficient (Wildman–Crippen LogP) is 3.47. The van der Waals surface area contributed by atoms with Gasteiger partial charge < -0.3 is 10.2 Å². The lowest BCUT2D eigenvalue weighted by Crippen LogP contribution is -2.29. The second-order valence-corrected chi connectivity index (χ2v) is 6.44. The summed E-state index contributed by atoms with van der Waals surface area (Å²) < 4.78 is 12.9. The van der Waals surface area contributed by atoms with Gasteiger partial charge in [-0.15, -0.1) is 10.2 Å². The first kappa shape index (κ1) is 17.1. The van der Waals surface area contributed by atoms with Gasteiger partial charge in [0.15, 0.2) is 5.69 Å². The van der Waals surface area contributed by atoms with Crippen LogP contribution < -0.4 is 10.2 Å². The van der Waals surface area contributed by atoms with Crippen LogP contribution in [0.25, 0.3) is 0 Å². The SMILES string of the molecule is O=C(c1ccc(NCCc2ccc(F)cc2)nn1)N1CCc2ccccc21. The Labute approximate surface area is 156 Å². The van der Waals surface area contributed by atoms with Crippen molar-refractivity contribution in [2.45, 2.75) is 12.8 Å². The zero-order valence-corrected chi connectivity index (χ0v) is 14.7. The molecular weight excluding hydrogens is 343 g/mol. The Morgan fingerprint density at radius 1 is 1.04 bits per heavy atom. The number of nitrogens with one attached hydrogen (secondary N) is 1. The predicted molar refractivity (Wildman–Crippen MR) is 102 cm³/mol. The number of nitrogens with zero attached hydrogens (tertiary/aromatic N) is 3. The van der Waals surface area contributed by atoms with Crippen molar-refractivity contribution in [2.24, 2.45) is 0 Å². The van der Waals surface area contributed by atoms with Crippen LogP contribution in [-0.2, 0) is 12.8 Å². The first-order valence-electron chi connectivity index (χ1n) is 8.92. The van der Waals surface area contributed by atoms with Gasteiger partial charge in [0.05, 0.1) is 0 Å². The number of para-hydroxylation sites is 1. The van der Waals surface area contributed by atoms with E-state index >= 15 is 0 Å². The van der Waals surface area contributed by atoms with Crippen LogP contribution in [0.3, 0.4) is 0 Å². The molecule has 0 atom stereocenters. The average molecular weight is 362 g/mol. The Bertz CT molecular complexity index is 941. The molecule has 1 amide bonds. The molecule has 136 valence electrons. The molecule has 0 aliphatic carbocycles. The number of amides is 1. The molecule has 0 spiro atoms. The first-order chi connectivity index (χ1) is 13.2. The van der Waals surface area contributed by atoms with Gasteiger partial charge in [0.1, 0.15) is 11.6 Å². The first-order valence-corrected chi connectivity index (χ1v) is 8.92. The highest BCUT2D eigenvalue weighted by Crippen LogP contribution is 2.28. The van der Waals surface area contributed by atoms with Crippen molar-refractivity contribution in [2.75, 3.05) is 23.3 Å². The molecule has 27 heavy (non-hydrogen) atoms. The van der Waals surface area contributed by atoms with E-state index < -0.39 is 0 Å². The summed E-state index contributed by atoms with van der Waals surface area (Å²) in [7, 11) is 0. The van der Waals surface area contributed by atoms with E-state index in [0.717, 1.165) is 24.1 Å². The van der Waals surface area contributed by atoms with E-state index in [1.807, 2.05) is 24.3 Å². The van der Waals surface area contributed by atoms with Crippen molar-refractivity contribution >= 4 is 17.4 Å². The fraction of sp³-hybridized carbons (Fsp3) is 0.190. The minimum Gasteiger partial charge on any atom is -0.368 e. The number of carbonyl (C=O) groups excluding carboxylic acids is 1. The zero-order chi connectivity index (χ0) is 18.6. The highest BCUT2D eigenvalue weighted by atomic mass is 19.1. The number of hydrogen-bond acceptors (Lipinski definition) is 4. The lowest BCUT2D eigenvalue weighted by molar-refractivity contribution is 0.0983. The normalized spacial score (nSPS) is 12.7. The van der Waals surface area contributed by atoms with Gasteiger partial charge in [-0.2, -0.15) is 0 Å². The fourth-order valence-electron chi connectivity index (χ4n) is 3.21. The number of anilines is 2. The molecule has 3 aromatic rings. The Hall–Kier alpha value is -3.28. The van der Waals surface area contributed by atoms with Crippen LogP contribution in [0.1, 0.15) is 21.6 Å². The van der Waals surface area contributed by atoms with Crippen LogP contribution in [0.15, 0.2) is 60.7 Å². The van der Waals surface area contributed by atoms with E-state index in [1.54, 1.807) is 29.2 Å². The lowest BCUT2D eigenvalue weighted by Gasteiger charge is -2.16. The molecule has 4 rings (SSSR count). The van der Waals surface area contributed by atoms with Crippen LogP contribution in [0, 0.1) is 5.82 Å². The molecule has 0 saturated heterocycles. The molecule has 1 aliphatic rings. The molecule has 1 aromatic heterocycles. The third-order valence-corrected chi connectivity index (χ3v) is 4.65. The summed E-state index contributed by atoms with van der Waals surface area (Å²) in [6.07, 6.45) is 1.60. The number of aromatic nitrogens is 2. The van der Waals surface area contributed by atoms with Gasteiger partial charge in [-0.25, -0.2) is 4.39 Å². The van der Waals surface area contributed by atoms with Crippen molar-refractivity contribution in [3.8, 4) is 0 Å². The molecule has 0 radical (unpaired) electrons. The molecule has 6 heteroatoms. The number of halogens is 1. The summed E-state index contributed by atoms with van der Waals surface area (Å²) in [5, 5.41) is 11.4. The summed E-state index contributed by atoms with van der Waals surface area (Å²) in [6, 6.07) is 17.8. The van der Waals surface area contributed by atoms with Gasteiger partial charge in [-0.05, 0) is 54.3 Å². The number of hydrogen-bond donors (Lipinski definition) is 1. The van der Waals surface area contributed by atoms with E-state index in [1.165, 1.54) is 17.7 Å². The molecule has 0 saturated carbocycles. The van der Waals surface area contributed by atoms with Crippen molar-refractivity contribution in [1.29, 1.82) is 0 Å². The largest absolute Gasteiger partial charge is 0.368 e. The summed E-state index contributed by atoms with van der Waals surface area (Å²) in [4.78, 5) is 14.5. The molecule has 0 fully saturated rings. The second-order valence-electron chi connectivity index (χ2n) is 6.44. The van der Waals surface area contributed by atoms with E-state index in [-0.39, 0.29) is 11.7 Å². The highest BCUT2D eigenvalue weighted by molar-refractivity contribution is 6.06. The molecule has 1 aliphatic heterocycles. The van der Waals surface area contributed by atoms with Crippen LogP contribution in [-0.4, -0.2) is 29.2 Å². The van der Waals surface area contributed by atoms with Crippen molar-refractivity contribution < 1.29 is 9.18 Å². The Balaban J connectivity index is 1.36. The monoisotopic (exact) mass is 362 g/mol. The molecule has 0 bridgehead atoms. The van der Waals surface area contributed by atoms with Gasteiger partial charge in [0.25, 0.3) is 5.91 Å². The third-order valence-electron chi connectivity index (χ3n) is 4.65. The summed E-state index contributed by atoms with van der Waals surface area (Å²) in [5.41, 5.74) is 3.50. The highest BCUT2D eigenvalue weighted by Gasteiger charge is 2.26. The Kier molecular flexibility index (Phi) is 4.78. The lowest BCUT2D eigenvalue weighted by atomic mass is 10.1. The van der Waals surface area contributed by atoms with Gasteiger partial charge in [-0.1, -0.05) is 30.3 Å². The maximum absolute atomic E-state index is 12.9. The quantitative estimate of drug-likeness (QED) is 0.755. The van der Waals surface area contributed by atoms with Crippen LogP contribution >= 0.6 is 0 Å². The number of carbonyl (C=O) groups is 1. The van der Waals surface area contributed by atoms with Crippen molar-refractivity contribution in [3.05, 3.63) is 83.3 Å². The van der Waals surface area contributed by atoms with Crippen molar-refractivity contribution in [1.82, 2.24) is 10.2 Å².